The van der Waals surface area contributed by atoms with Crippen molar-refractivity contribution < 1.29 is 19.5 Å². The molecule has 116 valence electrons. The van der Waals surface area contributed by atoms with Crippen LogP contribution in [0.1, 0.15) is 35.4 Å². The molecule has 0 fully saturated rings. The van der Waals surface area contributed by atoms with Crippen molar-refractivity contribution in [3.63, 3.8) is 0 Å². The van der Waals surface area contributed by atoms with Gasteiger partial charge in [-0.15, -0.1) is 11.3 Å². The Kier molecular flexibility index (Phi) is 3.47. The smallest absolute Gasteiger partial charge is 0.231 e. The van der Waals surface area contributed by atoms with Crippen LogP contribution in [0.4, 0.5) is 0 Å². The van der Waals surface area contributed by atoms with Crippen LogP contribution in [0.5, 0.6) is 17.2 Å². The molecule has 0 saturated heterocycles. The fourth-order valence-corrected chi connectivity index (χ4v) is 4.56. The van der Waals surface area contributed by atoms with Crippen LogP contribution in [0.3, 0.4) is 0 Å². The summed E-state index contributed by atoms with van der Waals surface area (Å²) in [5.74, 6) is 1.69. The fraction of sp³-hybridized carbons (Fsp3) is 0.412. The number of hydrogen-bond donors (Lipinski definition) is 2. The van der Waals surface area contributed by atoms with Gasteiger partial charge in [0.05, 0.1) is 12.1 Å². The van der Waals surface area contributed by atoms with Gasteiger partial charge in [-0.1, -0.05) is 6.92 Å². The summed E-state index contributed by atoms with van der Waals surface area (Å²) in [4.78, 5) is 3.05. The molecule has 2 aliphatic heterocycles. The fourth-order valence-electron chi connectivity index (χ4n) is 3.61. The van der Waals surface area contributed by atoms with E-state index in [4.69, 9.17) is 9.47 Å². The normalized spacial score (nSPS) is 22.6. The minimum absolute atomic E-state index is 0.241. The minimum Gasteiger partial charge on any atom is -0.507 e. The van der Waals surface area contributed by atoms with Crippen molar-refractivity contribution in [3.05, 3.63) is 39.6 Å². The van der Waals surface area contributed by atoms with Crippen molar-refractivity contribution in [2.24, 2.45) is 0 Å². The van der Waals surface area contributed by atoms with Crippen LogP contribution in [0.15, 0.2) is 23.6 Å². The van der Waals surface area contributed by atoms with E-state index in [9.17, 15) is 5.11 Å². The highest BCUT2D eigenvalue weighted by Gasteiger charge is 2.31. The minimum atomic E-state index is 0.241. The highest BCUT2D eigenvalue weighted by Crippen LogP contribution is 2.37. The maximum absolute atomic E-state index is 10.3. The third-order valence-electron chi connectivity index (χ3n) is 4.72. The molecule has 2 aromatic rings. The van der Waals surface area contributed by atoms with Crippen molar-refractivity contribution in [1.82, 2.24) is 0 Å². The molecule has 4 nitrogen and oxygen atoms in total. The number of thiophene rings is 1. The average Bonchev–Trinajstić information content (AvgIpc) is 3.15. The lowest BCUT2D eigenvalue weighted by Gasteiger charge is -2.32. The SMILES string of the molecule is CC[C@H]1c2ccsc2CC[NH+]1Cc1cc2c(cc1O)OCO2. The van der Waals surface area contributed by atoms with Crippen LogP contribution >= 0.6 is 11.3 Å². The molecular formula is C17H20NO3S+. The first-order chi connectivity index (χ1) is 10.8. The summed E-state index contributed by atoms with van der Waals surface area (Å²) in [7, 11) is 0. The molecule has 1 unspecified atom stereocenters. The van der Waals surface area contributed by atoms with Gasteiger partial charge in [-0.2, -0.15) is 0 Å². The lowest BCUT2D eigenvalue weighted by atomic mass is 9.97. The lowest BCUT2D eigenvalue weighted by Crippen LogP contribution is -3.12. The molecule has 3 heterocycles. The van der Waals surface area contributed by atoms with Gasteiger partial charge in [0, 0.05) is 29.3 Å². The number of benzene rings is 1. The maximum atomic E-state index is 10.3. The number of nitrogens with one attached hydrogen (secondary N) is 1. The van der Waals surface area contributed by atoms with Gasteiger partial charge in [-0.3, -0.25) is 0 Å². The molecule has 4 rings (SSSR count). The Morgan fingerprint density at radius 2 is 2.14 bits per heavy atom. The number of phenolic OH excluding ortho intramolecular Hbond substituents is 1. The molecule has 2 aliphatic rings. The Labute approximate surface area is 133 Å². The number of quaternary nitrogens is 1. The van der Waals surface area contributed by atoms with Crippen molar-refractivity contribution >= 4 is 11.3 Å². The van der Waals surface area contributed by atoms with E-state index in [0.717, 1.165) is 37.2 Å². The van der Waals surface area contributed by atoms with Gasteiger partial charge in [-0.25, -0.2) is 0 Å². The van der Waals surface area contributed by atoms with Crippen LogP contribution in [-0.4, -0.2) is 18.4 Å². The second-order valence-electron chi connectivity index (χ2n) is 5.93. The molecule has 0 aliphatic carbocycles. The highest BCUT2D eigenvalue weighted by atomic mass is 32.1. The number of rotatable bonds is 3. The molecule has 0 saturated carbocycles. The predicted molar refractivity (Wildman–Crippen MR) is 84.8 cm³/mol. The summed E-state index contributed by atoms with van der Waals surface area (Å²) in [5, 5.41) is 12.5. The van der Waals surface area contributed by atoms with Gasteiger partial charge in [0.2, 0.25) is 6.79 Å². The molecule has 1 aromatic heterocycles. The Bertz CT molecular complexity index is 697. The van der Waals surface area contributed by atoms with E-state index in [1.807, 2.05) is 17.4 Å². The zero-order chi connectivity index (χ0) is 15.1. The number of aromatic hydroxyl groups is 1. The Morgan fingerprint density at radius 3 is 2.95 bits per heavy atom. The summed E-state index contributed by atoms with van der Waals surface area (Å²) in [5.41, 5.74) is 2.44. The third kappa shape index (κ3) is 2.25. The van der Waals surface area contributed by atoms with E-state index in [1.54, 1.807) is 6.07 Å². The molecule has 0 amide bonds. The van der Waals surface area contributed by atoms with Gasteiger partial charge < -0.3 is 19.5 Å². The van der Waals surface area contributed by atoms with Gasteiger partial charge >= 0.3 is 0 Å². The van der Waals surface area contributed by atoms with Gasteiger partial charge in [0.1, 0.15) is 18.3 Å². The van der Waals surface area contributed by atoms with Gasteiger partial charge in [-0.05, 0) is 17.5 Å². The Balaban J connectivity index is 1.61. The van der Waals surface area contributed by atoms with Crippen molar-refractivity contribution in [3.8, 4) is 17.2 Å². The number of ether oxygens (including phenoxy) is 2. The number of phenols is 1. The molecule has 2 N–H and O–H groups in total. The molecule has 0 spiro atoms. The molecular weight excluding hydrogens is 298 g/mol. The largest absolute Gasteiger partial charge is 0.507 e. The van der Waals surface area contributed by atoms with Crippen LogP contribution in [0.25, 0.3) is 0 Å². The van der Waals surface area contributed by atoms with E-state index in [1.165, 1.54) is 15.3 Å². The molecule has 22 heavy (non-hydrogen) atoms. The Morgan fingerprint density at radius 1 is 1.32 bits per heavy atom. The lowest BCUT2D eigenvalue weighted by molar-refractivity contribution is -0.947. The Hall–Kier alpha value is -1.72. The summed E-state index contributed by atoms with van der Waals surface area (Å²) >= 11 is 1.87. The molecule has 1 aromatic carbocycles. The first kappa shape index (κ1) is 13.9. The second kappa shape index (κ2) is 5.48. The van der Waals surface area contributed by atoms with Crippen LogP contribution in [0, 0.1) is 0 Å². The van der Waals surface area contributed by atoms with E-state index in [2.05, 4.69) is 18.4 Å². The van der Waals surface area contributed by atoms with Crippen LogP contribution in [0.2, 0.25) is 0 Å². The van der Waals surface area contributed by atoms with Gasteiger partial charge in [0.15, 0.2) is 11.5 Å². The average molecular weight is 318 g/mol. The summed E-state index contributed by atoms with van der Waals surface area (Å²) in [6, 6.07) is 6.39. The highest BCUT2D eigenvalue weighted by molar-refractivity contribution is 7.10. The van der Waals surface area contributed by atoms with Gasteiger partial charge in [0.25, 0.3) is 0 Å². The quantitative estimate of drug-likeness (QED) is 0.912. The predicted octanol–water partition coefficient (Wildman–Crippen LogP) is 2.27. The second-order valence-corrected chi connectivity index (χ2v) is 6.93. The zero-order valence-electron chi connectivity index (χ0n) is 12.6. The summed E-state index contributed by atoms with van der Waals surface area (Å²) < 4.78 is 10.8. The summed E-state index contributed by atoms with van der Waals surface area (Å²) in [6.45, 7) is 4.41. The monoisotopic (exact) mass is 318 g/mol. The number of fused-ring (bicyclic) bond motifs is 2. The topological polar surface area (TPSA) is 43.1 Å². The standard InChI is InChI=1S/C17H19NO3S/c1-2-13-12-4-6-22-17(12)3-5-18(13)9-11-7-15-16(8-14(11)19)21-10-20-15/h4,6-8,13,19H,2-3,5,9-10H2,1H3/p+1/t13-/m0/s1. The molecule has 5 heteroatoms. The summed E-state index contributed by atoms with van der Waals surface area (Å²) in [6.07, 6.45) is 2.24. The van der Waals surface area contributed by atoms with E-state index < -0.39 is 0 Å². The third-order valence-corrected chi connectivity index (χ3v) is 5.72. The maximum Gasteiger partial charge on any atom is 0.231 e. The molecule has 0 radical (unpaired) electrons. The molecule has 0 bridgehead atoms. The van der Waals surface area contributed by atoms with Crippen LogP contribution in [-0.2, 0) is 13.0 Å². The zero-order valence-corrected chi connectivity index (χ0v) is 13.4. The first-order valence-corrected chi connectivity index (χ1v) is 8.66. The van der Waals surface area contributed by atoms with Crippen molar-refractivity contribution in [2.45, 2.75) is 32.4 Å². The number of hydrogen-bond acceptors (Lipinski definition) is 4. The first-order valence-electron chi connectivity index (χ1n) is 7.78. The van der Waals surface area contributed by atoms with Crippen molar-refractivity contribution in [2.75, 3.05) is 13.3 Å². The van der Waals surface area contributed by atoms with Crippen LogP contribution < -0.4 is 14.4 Å². The van der Waals surface area contributed by atoms with E-state index >= 15 is 0 Å². The van der Waals surface area contributed by atoms with E-state index in [0.29, 0.717) is 17.5 Å². The van der Waals surface area contributed by atoms with Crippen molar-refractivity contribution in [1.29, 1.82) is 0 Å². The molecule has 2 atom stereocenters. The van der Waals surface area contributed by atoms with E-state index in [-0.39, 0.29) is 6.79 Å².